The minimum atomic E-state index is -0.826. The van der Waals surface area contributed by atoms with Crippen molar-refractivity contribution >= 4 is 18.0 Å². The van der Waals surface area contributed by atoms with Gasteiger partial charge in [0.05, 0.1) is 7.11 Å². The number of esters is 1. The zero-order chi connectivity index (χ0) is 20.9. The standard InChI is InChI=1S/C18H36N4O5/c1-18(2,3)27-17(25)22-13(9-5-7-11-19)15(23)21-14(16(24)26-4)10-6-8-12-20/h13-14H,5-12,19-20H2,1-4H3,(H,21,23)(H,22,25)/t13-,14+/m1/s1. The van der Waals surface area contributed by atoms with Crippen LogP contribution in [0.25, 0.3) is 0 Å². The maximum Gasteiger partial charge on any atom is 0.408 e. The Morgan fingerprint density at radius 2 is 1.41 bits per heavy atom. The van der Waals surface area contributed by atoms with E-state index in [1.807, 2.05) is 0 Å². The molecule has 158 valence electrons. The number of nitrogens with two attached hydrogens (primary N) is 2. The van der Waals surface area contributed by atoms with Crippen molar-refractivity contribution in [2.45, 2.75) is 77.0 Å². The second-order valence-electron chi connectivity index (χ2n) is 7.35. The smallest absolute Gasteiger partial charge is 0.408 e. The van der Waals surface area contributed by atoms with Crippen molar-refractivity contribution in [3.05, 3.63) is 0 Å². The van der Waals surface area contributed by atoms with Gasteiger partial charge in [0.2, 0.25) is 5.91 Å². The molecular formula is C18H36N4O5. The third-order valence-corrected chi connectivity index (χ3v) is 3.70. The summed E-state index contributed by atoms with van der Waals surface area (Å²) >= 11 is 0. The molecule has 2 atom stereocenters. The van der Waals surface area contributed by atoms with Gasteiger partial charge in [-0.05, 0) is 72.4 Å². The van der Waals surface area contributed by atoms with Crippen molar-refractivity contribution in [3.8, 4) is 0 Å². The number of hydrogen-bond acceptors (Lipinski definition) is 7. The lowest BCUT2D eigenvalue weighted by atomic mass is 10.1. The number of hydrogen-bond donors (Lipinski definition) is 4. The lowest BCUT2D eigenvalue weighted by Gasteiger charge is -2.25. The first-order chi connectivity index (χ1) is 12.6. The Labute approximate surface area is 161 Å². The summed E-state index contributed by atoms with van der Waals surface area (Å²) in [5.41, 5.74) is 10.3. The van der Waals surface area contributed by atoms with Crippen LogP contribution in [0, 0.1) is 0 Å². The molecule has 0 spiro atoms. The molecule has 0 saturated carbocycles. The van der Waals surface area contributed by atoms with Crippen LogP contribution in [-0.4, -0.2) is 55.9 Å². The average Bonchev–Trinajstić information content (AvgIpc) is 2.57. The number of alkyl carbamates (subject to hydrolysis) is 1. The molecule has 0 aliphatic carbocycles. The summed E-state index contributed by atoms with van der Waals surface area (Å²) in [7, 11) is 1.27. The molecule has 9 heteroatoms. The van der Waals surface area contributed by atoms with E-state index >= 15 is 0 Å². The molecule has 2 amide bonds. The highest BCUT2D eigenvalue weighted by atomic mass is 16.6. The van der Waals surface area contributed by atoms with E-state index in [-0.39, 0.29) is 0 Å². The predicted molar refractivity (Wildman–Crippen MR) is 103 cm³/mol. The van der Waals surface area contributed by atoms with Gasteiger partial charge in [-0.25, -0.2) is 9.59 Å². The number of carbonyl (C=O) groups excluding carboxylic acids is 3. The highest BCUT2D eigenvalue weighted by Crippen LogP contribution is 2.09. The maximum absolute atomic E-state index is 12.7. The van der Waals surface area contributed by atoms with Crippen LogP contribution in [0.15, 0.2) is 0 Å². The summed E-state index contributed by atoms with van der Waals surface area (Å²) in [6.07, 6.45) is 2.90. The minimum Gasteiger partial charge on any atom is -0.467 e. The topological polar surface area (TPSA) is 146 Å². The van der Waals surface area contributed by atoms with Gasteiger partial charge in [0, 0.05) is 0 Å². The van der Waals surface area contributed by atoms with Gasteiger partial charge in [-0.3, -0.25) is 4.79 Å². The molecule has 0 aliphatic heterocycles. The third-order valence-electron chi connectivity index (χ3n) is 3.70. The fourth-order valence-electron chi connectivity index (χ4n) is 2.37. The summed E-state index contributed by atoms with van der Waals surface area (Å²) in [4.78, 5) is 36.6. The van der Waals surface area contributed by atoms with Crippen molar-refractivity contribution in [2.24, 2.45) is 11.5 Å². The molecule has 0 aromatic carbocycles. The number of carbonyl (C=O) groups is 3. The lowest BCUT2D eigenvalue weighted by molar-refractivity contribution is -0.145. The van der Waals surface area contributed by atoms with Crippen LogP contribution in [0.2, 0.25) is 0 Å². The summed E-state index contributed by atoms with van der Waals surface area (Å²) < 4.78 is 9.97. The normalized spacial score (nSPS) is 13.4. The highest BCUT2D eigenvalue weighted by Gasteiger charge is 2.28. The Balaban J connectivity index is 4.99. The first-order valence-corrected chi connectivity index (χ1v) is 9.42. The molecule has 0 saturated heterocycles. The van der Waals surface area contributed by atoms with E-state index in [2.05, 4.69) is 10.6 Å². The van der Waals surface area contributed by atoms with Gasteiger partial charge in [0.15, 0.2) is 0 Å². The Morgan fingerprint density at radius 1 is 0.889 bits per heavy atom. The molecular weight excluding hydrogens is 352 g/mol. The molecule has 0 bridgehead atoms. The van der Waals surface area contributed by atoms with E-state index in [0.29, 0.717) is 38.8 Å². The van der Waals surface area contributed by atoms with Crippen LogP contribution in [0.3, 0.4) is 0 Å². The van der Waals surface area contributed by atoms with Gasteiger partial charge in [-0.1, -0.05) is 0 Å². The Kier molecular flexibility index (Phi) is 12.4. The van der Waals surface area contributed by atoms with Crippen LogP contribution in [0.4, 0.5) is 4.79 Å². The first kappa shape index (κ1) is 25.1. The number of methoxy groups -OCH3 is 1. The van der Waals surface area contributed by atoms with Crippen LogP contribution < -0.4 is 22.1 Å². The molecule has 0 radical (unpaired) electrons. The number of unbranched alkanes of at least 4 members (excludes halogenated alkanes) is 2. The van der Waals surface area contributed by atoms with Crippen LogP contribution >= 0.6 is 0 Å². The van der Waals surface area contributed by atoms with E-state index in [0.717, 1.165) is 12.8 Å². The number of ether oxygens (including phenoxy) is 2. The van der Waals surface area contributed by atoms with Crippen molar-refractivity contribution in [3.63, 3.8) is 0 Å². The summed E-state index contributed by atoms with van der Waals surface area (Å²) in [5, 5.41) is 5.24. The fraction of sp³-hybridized carbons (Fsp3) is 0.833. The fourth-order valence-corrected chi connectivity index (χ4v) is 2.37. The van der Waals surface area contributed by atoms with E-state index in [1.54, 1.807) is 20.8 Å². The number of nitrogens with one attached hydrogen (secondary N) is 2. The minimum absolute atomic E-state index is 0.388. The Morgan fingerprint density at radius 3 is 1.85 bits per heavy atom. The molecule has 6 N–H and O–H groups in total. The second-order valence-corrected chi connectivity index (χ2v) is 7.35. The number of amides is 2. The van der Waals surface area contributed by atoms with Gasteiger partial charge >= 0.3 is 12.1 Å². The highest BCUT2D eigenvalue weighted by molar-refractivity contribution is 5.89. The van der Waals surface area contributed by atoms with E-state index in [9.17, 15) is 14.4 Å². The summed E-state index contributed by atoms with van der Waals surface area (Å²) in [5.74, 6) is -0.987. The maximum atomic E-state index is 12.7. The average molecular weight is 389 g/mol. The molecule has 27 heavy (non-hydrogen) atoms. The molecule has 0 heterocycles. The molecule has 0 aromatic heterocycles. The lowest BCUT2D eigenvalue weighted by Crippen LogP contribution is -2.52. The summed E-state index contributed by atoms with van der Waals surface area (Å²) in [6.45, 7) is 6.21. The first-order valence-electron chi connectivity index (χ1n) is 9.42. The molecule has 9 nitrogen and oxygen atoms in total. The molecule has 0 aromatic rings. The third kappa shape index (κ3) is 12.2. The van der Waals surface area contributed by atoms with E-state index in [4.69, 9.17) is 20.9 Å². The zero-order valence-corrected chi connectivity index (χ0v) is 17.0. The van der Waals surface area contributed by atoms with Gasteiger partial charge in [-0.15, -0.1) is 0 Å². The second kappa shape index (κ2) is 13.3. The number of rotatable bonds is 12. The Hall–Kier alpha value is -1.87. The largest absolute Gasteiger partial charge is 0.467 e. The van der Waals surface area contributed by atoms with Crippen molar-refractivity contribution < 1.29 is 23.9 Å². The van der Waals surface area contributed by atoms with Crippen LogP contribution in [0.1, 0.15) is 59.3 Å². The monoisotopic (exact) mass is 388 g/mol. The molecule has 0 rings (SSSR count). The SMILES string of the molecule is COC(=O)[C@H](CCCCN)NC(=O)[C@@H](CCCCN)NC(=O)OC(C)(C)C. The van der Waals surface area contributed by atoms with Crippen molar-refractivity contribution in [2.75, 3.05) is 20.2 Å². The van der Waals surface area contributed by atoms with Crippen LogP contribution in [0.5, 0.6) is 0 Å². The van der Waals surface area contributed by atoms with Gasteiger partial charge < -0.3 is 31.6 Å². The van der Waals surface area contributed by atoms with Gasteiger partial charge in [0.1, 0.15) is 17.7 Å². The Bertz CT molecular complexity index is 465. The van der Waals surface area contributed by atoms with Crippen molar-refractivity contribution in [1.29, 1.82) is 0 Å². The molecule has 0 fully saturated rings. The van der Waals surface area contributed by atoms with Crippen molar-refractivity contribution in [1.82, 2.24) is 10.6 Å². The predicted octanol–water partition coefficient (Wildman–Crippen LogP) is 0.796. The summed E-state index contributed by atoms with van der Waals surface area (Å²) in [6, 6.07) is -1.61. The van der Waals surface area contributed by atoms with E-state index < -0.39 is 35.7 Å². The van der Waals surface area contributed by atoms with Gasteiger partial charge in [-0.2, -0.15) is 0 Å². The van der Waals surface area contributed by atoms with Gasteiger partial charge in [0.25, 0.3) is 0 Å². The van der Waals surface area contributed by atoms with Crippen LogP contribution in [-0.2, 0) is 19.1 Å². The molecule has 0 aliphatic rings. The quantitative estimate of drug-likeness (QED) is 0.286. The molecule has 0 unspecified atom stereocenters. The zero-order valence-electron chi connectivity index (χ0n) is 17.0. The van der Waals surface area contributed by atoms with E-state index in [1.165, 1.54) is 7.11 Å².